The molecule has 1 unspecified atom stereocenters. The van der Waals surface area contributed by atoms with Crippen molar-refractivity contribution in [2.45, 2.75) is 25.3 Å². The van der Waals surface area contributed by atoms with Gasteiger partial charge in [-0.15, -0.1) is 0 Å². The van der Waals surface area contributed by atoms with Crippen LogP contribution in [0.4, 0.5) is 10.1 Å². The Bertz CT molecular complexity index is 757. The van der Waals surface area contributed by atoms with E-state index in [9.17, 15) is 19.3 Å². The van der Waals surface area contributed by atoms with E-state index in [1.807, 2.05) is 25.9 Å². The minimum Gasteiger partial charge on any atom is -0.297 e. The normalized spacial score (nSPS) is 13.5. The number of hydrogen-bond donors (Lipinski definition) is 0. The molecule has 0 aliphatic carbocycles. The van der Waals surface area contributed by atoms with Crippen LogP contribution in [0.1, 0.15) is 29.3 Å². The third-order valence-corrected chi connectivity index (χ3v) is 4.61. The maximum Gasteiger partial charge on any atom is 0.269 e. The number of halogens is 1. The lowest BCUT2D eigenvalue weighted by molar-refractivity contribution is -0.384. The van der Waals surface area contributed by atoms with Crippen molar-refractivity contribution in [2.75, 3.05) is 14.1 Å². The second-order valence-electron chi connectivity index (χ2n) is 6.22. The topological polar surface area (TPSA) is 63.5 Å². The molecule has 0 fully saturated rings. The molecule has 0 amide bonds. The zero-order chi connectivity index (χ0) is 18.6. The molecule has 0 aliphatic heterocycles. The lowest BCUT2D eigenvalue weighted by Crippen LogP contribution is -2.52. The molecule has 2 aromatic carbocycles. The van der Waals surface area contributed by atoms with Crippen molar-refractivity contribution in [3.63, 3.8) is 0 Å². The number of nitro groups is 1. The molecule has 1 atom stereocenters. The van der Waals surface area contributed by atoms with E-state index in [1.165, 1.54) is 36.4 Å². The van der Waals surface area contributed by atoms with Crippen molar-refractivity contribution in [1.82, 2.24) is 4.90 Å². The van der Waals surface area contributed by atoms with Crippen LogP contribution in [0.2, 0.25) is 0 Å². The number of likely N-dealkylation sites (N-methyl/N-ethyl adjacent to an activating group) is 1. The average molecular weight is 344 g/mol. The molecule has 0 bridgehead atoms. The maximum absolute atomic E-state index is 13.2. The van der Waals surface area contributed by atoms with Gasteiger partial charge >= 0.3 is 0 Å². The average Bonchev–Trinajstić information content (AvgIpc) is 2.60. The summed E-state index contributed by atoms with van der Waals surface area (Å²) >= 11 is 0. The Labute approximate surface area is 146 Å². The first kappa shape index (κ1) is 18.7. The summed E-state index contributed by atoms with van der Waals surface area (Å²) < 4.78 is 13.2. The zero-order valence-electron chi connectivity index (χ0n) is 14.5. The molecule has 0 heterocycles. The summed E-state index contributed by atoms with van der Waals surface area (Å²) in [6, 6.07) is 11.7. The van der Waals surface area contributed by atoms with Crippen LogP contribution in [0.3, 0.4) is 0 Å². The number of carbonyl (C=O) groups excluding carboxylic acids is 1. The van der Waals surface area contributed by atoms with E-state index in [4.69, 9.17) is 0 Å². The molecule has 2 aromatic rings. The van der Waals surface area contributed by atoms with Gasteiger partial charge < -0.3 is 0 Å². The summed E-state index contributed by atoms with van der Waals surface area (Å²) in [4.78, 5) is 25.4. The van der Waals surface area contributed by atoms with Gasteiger partial charge in [-0.1, -0.05) is 19.1 Å². The summed E-state index contributed by atoms with van der Waals surface area (Å²) in [6.07, 6.45) is 0.956. The molecular weight excluding hydrogens is 323 g/mol. The SMILES string of the molecule is CCC(Cc1ccc([N+](=O)[O-])cc1)(C(=O)c1ccc(F)cc1)N(C)C. The van der Waals surface area contributed by atoms with E-state index < -0.39 is 10.5 Å². The van der Waals surface area contributed by atoms with Crippen LogP contribution in [0, 0.1) is 15.9 Å². The fourth-order valence-electron chi connectivity index (χ4n) is 2.99. The quantitative estimate of drug-likeness (QED) is 0.434. The molecule has 6 heteroatoms. The van der Waals surface area contributed by atoms with Crippen molar-refractivity contribution in [3.8, 4) is 0 Å². The third-order valence-electron chi connectivity index (χ3n) is 4.61. The van der Waals surface area contributed by atoms with Gasteiger partial charge in [0.2, 0.25) is 0 Å². The van der Waals surface area contributed by atoms with Gasteiger partial charge in [-0.25, -0.2) is 4.39 Å². The van der Waals surface area contributed by atoms with Crippen LogP contribution in [0.5, 0.6) is 0 Å². The van der Waals surface area contributed by atoms with Gasteiger partial charge in [0.05, 0.1) is 10.5 Å². The number of non-ortho nitro benzene ring substituents is 1. The van der Waals surface area contributed by atoms with Crippen LogP contribution < -0.4 is 0 Å². The molecule has 0 aliphatic rings. The molecule has 0 aromatic heterocycles. The van der Waals surface area contributed by atoms with E-state index in [1.54, 1.807) is 12.1 Å². The van der Waals surface area contributed by atoms with E-state index in [-0.39, 0.29) is 17.3 Å². The van der Waals surface area contributed by atoms with Gasteiger partial charge in [0.25, 0.3) is 5.69 Å². The molecule has 5 nitrogen and oxygen atoms in total. The highest BCUT2D eigenvalue weighted by atomic mass is 19.1. The van der Waals surface area contributed by atoms with Gasteiger partial charge in [0, 0.05) is 17.7 Å². The van der Waals surface area contributed by atoms with Gasteiger partial charge in [-0.3, -0.25) is 19.8 Å². The Kier molecular flexibility index (Phi) is 5.64. The first-order chi connectivity index (χ1) is 11.8. The van der Waals surface area contributed by atoms with Gasteiger partial charge in [-0.05, 0) is 56.8 Å². The number of hydrogen-bond acceptors (Lipinski definition) is 4. The number of nitro benzene ring substituents is 1. The standard InChI is InChI=1S/C19H21FN2O3/c1-4-19(21(2)3,18(23)15-7-9-16(20)10-8-15)13-14-5-11-17(12-6-14)22(24)25/h5-12H,4,13H2,1-3H3. The first-order valence-electron chi connectivity index (χ1n) is 8.01. The molecule has 132 valence electrons. The molecule has 0 saturated heterocycles. The lowest BCUT2D eigenvalue weighted by Gasteiger charge is -2.38. The molecule has 2 rings (SSSR count). The summed E-state index contributed by atoms with van der Waals surface area (Å²) in [6.45, 7) is 1.92. The fourth-order valence-corrected chi connectivity index (χ4v) is 2.99. The molecule has 0 radical (unpaired) electrons. The highest BCUT2D eigenvalue weighted by Crippen LogP contribution is 2.28. The number of Topliss-reactive ketones (excluding diaryl/α,β-unsaturated/α-hetero) is 1. The molecule has 0 N–H and O–H groups in total. The largest absolute Gasteiger partial charge is 0.297 e. The zero-order valence-corrected chi connectivity index (χ0v) is 14.5. The molecule has 25 heavy (non-hydrogen) atoms. The lowest BCUT2D eigenvalue weighted by atomic mass is 9.80. The smallest absolute Gasteiger partial charge is 0.269 e. The van der Waals surface area contributed by atoms with E-state index in [0.717, 1.165) is 5.56 Å². The van der Waals surface area contributed by atoms with E-state index >= 15 is 0 Å². The minimum atomic E-state index is -0.812. The number of carbonyl (C=O) groups is 1. The monoisotopic (exact) mass is 344 g/mol. The molecule has 0 spiro atoms. The Hall–Kier alpha value is -2.60. The summed E-state index contributed by atoms with van der Waals surface area (Å²) in [5, 5.41) is 10.8. The second-order valence-corrected chi connectivity index (χ2v) is 6.22. The van der Waals surface area contributed by atoms with Crippen molar-refractivity contribution in [2.24, 2.45) is 0 Å². The summed E-state index contributed by atoms with van der Waals surface area (Å²) in [7, 11) is 3.66. The molecule has 0 saturated carbocycles. The van der Waals surface area contributed by atoms with E-state index in [2.05, 4.69) is 0 Å². The van der Waals surface area contributed by atoms with Crippen LogP contribution in [-0.2, 0) is 6.42 Å². The Morgan fingerprint density at radius 3 is 2.12 bits per heavy atom. The van der Waals surface area contributed by atoms with Gasteiger partial charge in [0.1, 0.15) is 5.82 Å². The van der Waals surface area contributed by atoms with Crippen LogP contribution in [0.15, 0.2) is 48.5 Å². The highest BCUT2D eigenvalue weighted by molar-refractivity contribution is 6.03. The van der Waals surface area contributed by atoms with Crippen LogP contribution in [-0.4, -0.2) is 35.2 Å². The molecular formula is C19H21FN2O3. The predicted molar refractivity (Wildman–Crippen MR) is 94.2 cm³/mol. The number of ketones is 1. The Balaban J connectivity index is 2.38. The van der Waals surface area contributed by atoms with Crippen molar-refractivity contribution in [3.05, 3.63) is 75.6 Å². The summed E-state index contributed by atoms with van der Waals surface area (Å²) in [5.41, 5.74) is 0.476. The van der Waals surface area contributed by atoms with Crippen molar-refractivity contribution >= 4 is 11.5 Å². The first-order valence-corrected chi connectivity index (χ1v) is 8.01. The highest BCUT2D eigenvalue weighted by Gasteiger charge is 2.39. The fraction of sp³-hybridized carbons (Fsp3) is 0.316. The minimum absolute atomic E-state index is 0.0144. The van der Waals surface area contributed by atoms with Crippen LogP contribution in [0.25, 0.3) is 0 Å². The van der Waals surface area contributed by atoms with E-state index in [0.29, 0.717) is 18.4 Å². The second kappa shape index (κ2) is 7.53. The van der Waals surface area contributed by atoms with Gasteiger partial charge in [0.15, 0.2) is 5.78 Å². The third kappa shape index (κ3) is 3.91. The van der Waals surface area contributed by atoms with Crippen LogP contribution >= 0.6 is 0 Å². The predicted octanol–water partition coefficient (Wildman–Crippen LogP) is 3.87. The number of rotatable bonds is 7. The Morgan fingerprint density at radius 2 is 1.68 bits per heavy atom. The van der Waals surface area contributed by atoms with Gasteiger partial charge in [-0.2, -0.15) is 0 Å². The maximum atomic E-state index is 13.2. The number of benzene rings is 2. The van der Waals surface area contributed by atoms with Crippen molar-refractivity contribution < 1.29 is 14.1 Å². The Morgan fingerprint density at radius 1 is 1.12 bits per heavy atom. The summed E-state index contributed by atoms with van der Waals surface area (Å²) in [5.74, 6) is -0.489. The number of nitrogens with zero attached hydrogens (tertiary/aromatic N) is 2. The van der Waals surface area contributed by atoms with Crippen molar-refractivity contribution in [1.29, 1.82) is 0 Å².